The zero-order valence-corrected chi connectivity index (χ0v) is 19.8. The van der Waals surface area contributed by atoms with Gasteiger partial charge >= 0.3 is 12.1 Å². The number of aromatic nitrogens is 3. The Kier molecular flexibility index (Phi) is 6.38. The molecule has 0 atom stereocenters. The third-order valence-corrected chi connectivity index (χ3v) is 6.26. The van der Waals surface area contributed by atoms with Gasteiger partial charge in [0.2, 0.25) is 5.95 Å². The molecule has 0 bridgehead atoms. The summed E-state index contributed by atoms with van der Waals surface area (Å²) in [6.45, 7) is 3.75. The Morgan fingerprint density at radius 2 is 1.78 bits per heavy atom. The SMILES string of the molecule is CN1CCN(c2ccc(-c3cccc4cnc(Nc5cc(C(=O)O)cc(C(F)(F)F)c5)nc34)cn2)CC1. The second kappa shape index (κ2) is 9.66. The van der Waals surface area contributed by atoms with E-state index in [1.807, 2.05) is 30.3 Å². The molecule has 1 aliphatic heterocycles. The Labute approximate surface area is 210 Å². The molecule has 4 aromatic rings. The Morgan fingerprint density at radius 1 is 1.00 bits per heavy atom. The maximum atomic E-state index is 13.3. The summed E-state index contributed by atoms with van der Waals surface area (Å²) >= 11 is 0. The number of alkyl halides is 3. The number of piperazine rings is 1. The zero-order valence-electron chi connectivity index (χ0n) is 19.8. The Balaban J connectivity index is 1.46. The first kappa shape index (κ1) is 24.4. The molecule has 3 heterocycles. The van der Waals surface area contributed by atoms with Crippen molar-refractivity contribution in [1.82, 2.24) is 19.9 Å². The van der Waals surface area contributed by atoms with Crippen LogP contribution >= 0.6 is 0 Å². The van der Waals surface area contributed by atoms with Gasteiger partial charge in [0.05, 0.1) is 16.6 Å². The van der Waals surface area contributed by atoms with Crippen LogP contribution in [0.25, 0.3) is 22.0 Å². The zero-order chi connectivity index (χ0) is 26.2. The van der Waals surface area contributed by atoms with Gasteiger partial charge < -0.3 is 20.2 Å². The highest BCUT2D eigenvalue weighted by molar-refractivity contribution is 5.94. The largest absolute Gasteiger partial charge is 0.478 e. The number of nitrogens with one attached hydrogen (secondary N) is 1. The Morgan fingerprint density at radius 3 is 2.46 bits per heavy atom. The van der Waals surface area contributed by atoms with Crippen molar-refractivity contribution in [1.29, 1.82) is 0 Å². The highest BCUT2D eigenvalue weighted by atomic mass is 19.4. The summed E-state index contributed by atoms with van der Waals surface area (Å²) in [6.07, 6.45) is -1.36. The minimum absolute atomic E-state index is 0.0395. The summed E-state index contributed by atoms with van der Waals surface area (Å²) in [6, 6.07) is 12.1. The lowest BCUT2D eigenvalue weighted by atomic mass is 10.0. The molecule has 0 saturated carbocycles. The van der Waals surface area contributed by atoms with Crippen molar-refractivity contribution in [3.05, 3.63) is 72.1 Å². The highest BCUT2D eigenvalue weighted by Gasteiger charge is 2.32. The van der Waals surface area contributed by atoms with Crippen molar-refractivity contribution < 1.29 is 23.1 Å². The van der Waals surface area contributed by atoms with Gasteiger partial charge in [0.25, 0.3) is 0 Å². The molecular weight excluding hydrogens is 485 g/mol. The van der Waals surface area contributed by atoms with Crippen molar-refractivity contribution in [2.75, 3.05) is 43.4 Å². The first-order valence-electron chi connectivity index (χ1n) is 11.6. The molecule has 37 heavy (non-hydrogen) atoms. The number of rotatable bonds is 5. The van der Waals surface area contributed by atoms with Crippen LogP contribution in [0.4, 0.5) is 30.6 Å². The van der Waals surface area contributed by atoms with E-state index in [1.54, 1.807) is 12.4 Å². The third-order valence-electron chi connectivity index (χ3n) is 6.26. The summed E-state index contributed by atoms with van der Waals surface area (Å²) in [5.41, 5.74) is 0.547. The van der Waals surface area contributed by atoms with Crippen molar-refractivity contribution in [2.24, 2.45) is 0 Å². The van der Waals surface area contributed by atoms with Crippen molar-refractivity contribution in [2.45, 2.75) is 6.18 Å². The standard InChI is InChI=1S/C26H23F3N6O2/c1-34-7-9-35(10-8-34)22-6-5-16(14-30-22)21-4-2-3-17-15-31-25(33-23(17)21)32-20-12-18(24(36)37)11-19(13-20)26(27,28)29/h2-6,11-15H,7-10H2,1H3,(H,36,37)(H,31,32,33). The maximum absolute atomic E-state index is 13.3. The summed E-state index contributed by atoms with van der Waals surface area (Å²) in [5.74, 6) is -0.533. The molecule has 8 nitrogen and oxygen atoms in total. The minimum atomic E-state index is -4.71. The van der Waals surface area contributed by atoms with Crippen molar-refractivity contribution in [3.63, 3.8) is 0 Å². The molecule has 11 heteroatoms. The van der Waals surface area contributed by atoms with Crippen molar-refractivity contribution >= 4 is 34.3 Å². The van der Waals surface area contributed by atoms with Gasteiger partial charge in [-0.15, -0.1) is 0 Å². The molecule has 1 saturated heterocycles. The number of hydrogen-bond acceptors (Lipinski definition) is 7. The normalized spacial score (nSPS) is 14.6. The minimum Gasteiger partial charge on any atom is -0.478 e. The number of likely N-dealkylation sites (N-methyl/N-ethyl adjacent to an activating group) is 1. The van der Waals surface area contributed by atoms with E-state index in [0.29, 0.717) is 11.6 Å². The van der Waals surface area contributed by atoms with Crippen LogP contribution in [0.5, 0.6) is 0 Å². The number of carboxylic acid groups (broad SMARTS) is 1. The first-order valence-corrected chi connectivity index (χ1v) is 11.6. The number of aromatic carboxylic acids is 1. The van der Waals surface area contributed by atoms with E-state index < -0.39 is 23.3 Å². The number of carbonyl (C=O) groups is 1. The Hall–Kier alpha value is -4.25. The lowest BCUT2D eigenvalue weighted by molar-refractivity contribution is -0.137. The predicted molar refractivity (Wildman–Crippen MR) is 134 cm³/mol. The number of para-hydroxylation sites is 1. The monoisotopic (exact) mass is 508 g/mol. The molecule has 0 unspecified atom stereocenters. The van der Waals surface area contributed by atoms with E-state index >= 15 is 0 Å². The van der Waals surface area contributed by atoms with Gasteiger partial charge in [-0.3, -0.25) is 0 Å². The average molecular weight is 509 g/mol. The van der Waals surface area contributed by atoms with Crippen LogP contribution in [0.3, 0.4) is 0 Å². The van der Waals surface area contributed by atoms with Gasteiger partial charge in [-0.25, -0.2) is 19.7 Å². The van der Waals surface area contributed by atoms with Crippen LogP contribution in [0.2, 0.25) is 0 Å². The third kappa shape index (κ3) is 5.31. The summed E-state index contributed by atoms with van der Waals surface area (Å²) in [7, 11) is 2.09. The quantitative estimate of drug-likeness (QED) is 0.393. The predicted octanol–water partition coefficient (Wildman–Crippen LogP) is 4.90. The van der Waals surface area contributed by atoms with E-state index in [-0.39, 0.29) is 11.6 Å². The lowest BCUT2D eigenvalue weighted by Gasteiger charge is -2.33. The van der Waals surface area contributed by atoms with Crippen LogP contribution in [-0.4, -0.2) is 64.2 Å². The summed E-state index contributed by atoms with van der Waals surface area (Å²) in [4.78, 5) is 29.3. The Bertz CT molecular complexity index is 1450. The van der Waals surface area contributed by atoms with Gasteiger partial charge in [-0.05, 0) is 37.4 Å². The van der Waals surface area contributed by atoms with Crippen LogP contribution in [0, 0.1) is 0 Å². The van der Waals surface area contributed by atoms with Gasteiger partial charge in [0.15, 0.2) is 0 Å². The van der Waals surface area contributed by atoms with Crippen molar-refractivity contribution in [3.8, 4) is 11.1 Å². The van der Waals surface area contributed by atoms with E-state index in [2.05, 4.69) is 37.1 Å². The van der Waals surface area contributed by atoms with Crippen LogP contribution in [0.1, 0.15) is 15.9 Å². The van der Waals surface area contributed by atoms with Gasteiger partial charge in [0.1, 0.15) is 5.82 Å². The summed E-state index contributed by atoms with van der Waals surface area (Å²) in [5, 5.41) is 12.7. The molecule has 1 fully saturated rings. The first-order chi connectivity index (χ1) is 17.7. The molecule has 0 aliphatic carbocycles. The van der Waals surface area contributed by atoms with E-state index in [9.17, 15) is 23.1 Å². The van der Waals surface area contributed by atoms with Gasteiger partial charge in [-0.2, -0.15) is 13.2 Å². The van der Waals surface area contributed by atoms with Gasteiger partial charge in [0, 0.05) is 60.8 Å². The van der Waals surface area contributed by atoms with E-state index in [4.69, 9.17) is 0 Å². The fraction of sp³-hybridized carbons (Fsp3) is 0.231. The van der Waals surface area contributed by atoms with Gasteiger partial charge in [-0.1, -0.05) is 18.2 Å². The molecular formula is C26H23F3N6O2. The number of nitrogens with zero attached hydrogens (tertiary/aromatic N) is 5. The second-order valence-corrected chi connectivity index (χ2v) is 8.86. The lowest BCUT2D eigenvalue weighted by Crippen LogP contribution is -2.44. The molecule has 2 N–H and O–H groups in total. The number of hydrogen-bond donors (Lipinski definition) is 2. The van der Waals surface area contributed by atoms with Crippen LogP contribution in [0.15, 0.2) is 60.9 Å². The molecule has 5 rings (SSSR count). The number of halogens is 3. The average Bonchev–Trinajstić information content (AvgIpc) is 2.88. The number of anilines is 3. The fourth-order valence-electron chi connectivity index (χ4n) is 4.23. The molecule has 0 amide bonds. The maximum Gasteiger partial charge on any atom is 0.416 e. The molecule has 190 valence electrons. The molecule has 2 aromatic heterocycles. The second-order valence-electron chi connectivity index (χ2n) is 8.86. The fourth-order valence-corrected chi connectivity index (χ4v) is 4.23. The number of carboxylic acids is 1. The van der Waals surface area contributed by atoms with E-state index in [1.165, 1.54) is 0 Å². The molecule has 2 aromatic carbocycles. The number of pyridine rings is 1. The molecule has 0 spiro atoms. The smallest absolute Gasteiger partial charge is 0.416 e. The molecule has 1 aliphatic rings. The topological polar surface area (TPSA) is 94.5 Å². The number of fused-ring (bicyclic) bond motifs is 1. The van der Waals surface area contributed by atoms with Crippen LogP contribution < -0.4 is 10.2 Å². The summed E-state index contributed by atoms with van der Waals surface area (Å²) < 4.78 is 39.9. The van der Waals surface area contributed by atoms with E-state index in [0.717, 1.165) is 60.6 Å². The molecule has 0 radical (unpaired) electrons. The highest BCUT2D eigenvalue weighted by Crippen LogP contribution is 2.33. The number of benzene rings is 2. The van der Waals surface area contributed by atoms with Crippen LogP contribution in [-0.2, 0) is 6.18 Å².